The molecule has 2 rings (SSSR count). The van der Waals surface area contributed by atoms with Gasteiger partial charge >= 0.3 is 6.18 Å². The van der Waals surface area contributed by atoms with E-state index in [0.29, 0.717) is 18.0 Å². The fourth-order valence-electron chi connectivity index (χ4n) is 2.66. The quantitative estimate of drug-likeness (QED) is 0.901. The second kappa shape index (κ2) is 7.68. The number of amides is 1. The number of piperidine rings is 1. The van der Waals surface area contributed by atoms with Gasteiger partial charge in [0.05, 0.1) is 24.8 Å². The summed E-state index contributed by atoms with van der Waals surface area (Å²) in [5, 5.41) is 2.76. The number of carbonyl (C=O) groups is 1. The van der Waals surface area contributed by atoms with Crippen molar-refractivity contribution in [3.8, 4) is 5.75 Å². The summed E-state index contributed by atoms with van der Waals surface area (Å²) in [5.74, 6) is -0.915. The van der Waals surface area contributed by atoms with Crippen molar-refractivity contribution < 1.29 is 22.7 Å². The Balaban J connectivity index is 1.84. The number of likely N-dealkylation sites (tertiary alicyclic amines) is 1. The fraction of sp³-hybridized carbons (Fsp3) is 0.562. The molecular weight excluding hydrogens is 309 g/mol. The minimum Gasteiger partial charge on any atom is -0.492 e. The number of para-hydroxylation sites is 2. The smallest absolute Gasteiger partial charge is 0.391 e. The van der Waals surface area contributed by atoms with Crippen molar-refractivity contribution in [3.63, 3.8) is 0 Å². The predicted molar refractivity (Wildman–Crippen MR) is 81.5 cm³/mol. The zero-order chi connectivity index (χ0) is 16.9. The number of ether oxygens (including phenoxy) is 1. The van der Waals surface area contributed by atoms with Gasteiger partial charge in [-0.15, -0.1) is 0 Å². The van der Waals surface area contributed by atoms with Crippen LogP contribution >= 0.6 is 0 Å². The van der Waals surface area contributed by atoms with Crippen molar-refractivity contribution in [2.24, 2.45) is 5.92 Å². The third-order valence-corrected chi connectivity index (χ3v) is 3.88. The van der Waals surface area contributed by atoms with Gasteiger partial charge in [-0.3, -0.25) is 9.69 Å². The molecule has 1 N–H and O–H groups in total. The number of alkyl halides is 3. The number of hydrogen-bond acceptors (Lipinski definition) is 3. The number of hydrogen-bond donors (Lipinski definition) is 1. The van der Waals surface area contributed by atoms with Crippen LogP contribution in [0, 0.1) is 5.92 Å². The SMILES string of the molecule is CCOc1ccccc1NC(=O)CN1CCC(C(F)(F)F)CC1. The Labute approximate surface area is 133 Å². The number of anilines is 1. The van der Waals surface area contributed by atoms with Crippen molar-refractivity contribution in [1.82, 2.24) is 4.90 Å². The minimum atomic E-state index is -4.13. The average Bonchev–Trinajstić information content (AvgIpc) is 2.49. The minimum absolute atomic E-state index is 0.0479. The molecule has 23 heavy (non-hydrogen) atoms. The van der Waals surface area contributed by atoms with Crippen LogP contribution < -0.4 is 10.1 Å². The summed E-state index contributed by atoms with van der Waals surface area (Å²) in [7, 11) is 0. The molecule has 128 valence electrons. The van der Waals surface area contributed by atoms with Crippen molar-refractivity contribution in [2.45, 2.75) is 25.9 Å². The number of carbonyl (C=O) groups excluding carboxylic acids is 1. The lowest BCUT2D eigenvalue weighted by Crippen LogP contribution is -2.42. The Kier molecular flexibility index (Phi) is 5.87. The topological polar surface area (TPSA) is 41.6 Å². The Morgan fingerprint density at radius 1 is 1.30 bits per heavy atom. The Bertz CT molecular complexity index is 526. The van der Waals surface area contributed by atoms with Crippen molar-refractivity contribution in [3.05, 3.63) is 24.3 Å². The van der Waals surface area contributed by atoms with Gasteiger partial charge in [0.2, 0.25) is 5.91 Å². The Morgan fingerprint density at radius 3 is 2.57 bits per heavy atom. The molecule has 0 spiro atoms. The van der Waals surface area contributed by atoms with Crippen LogP contribution in [0.1, 0.15) is 19.8 Å². The van der Waals surface area contributed by atoms with Gasteiger partial charge in [-0.2, -0.15) is 13.2 Å². The molecule has 1 saturated heterocycles. The normalized spacial score (nSPS) is 17.0. The molecule has 0 saturated carbocycles. The van der Waals surface area contributed by atoms with Gasteiger partial charge in [0.15, 0.2) is 0 Å². The van der Waals surface area contributed by atoms with E-state index in [2.05, 4.69) is 5.32 Å². The highest BCUT2D eigenvalue weighted by Gasteiger charge is 2.41. The van der Waals surface area contributed by atoms with Crippen molar-refractivity contribution in [2.75, 3.05) is 31.6 Å². The maximum atomic E-state index is 12.6. The number of halogens is 3. The largest absolute Gasteiger partial charge is 0.492 e. The molecule has 1 aliphatic heterocycles. The van der Waals surface area contributed by atoms with Crippen LogP contribution in [0.2, 0.25) is 0 Å². The van der Waals surface area contributed by atoms with Crippen LogP contribution in [0.15, 0.2) is 24.3 Å². The van der Waals surface area contributed by atoms with E-state index in [4.69, 9.17) is 4.74 Å². The molecule has 4 nitrogen and oxygen atoms in total. The van der Waals surface area contributed by atoms with Crippen molar-refractivity contribution >= 4 is 11.6 Å². The second-order valence-electron chi connectivity index (χ2n) is 5.57. The van der Waals surface area contributed by atoms with E-state index in [1.165, 1.54) is 0 Å². The molecule has 7 heteroatoms. The lowest BCUT2D eigenvalue weighted by atomic mass is 9.96. The van der Waals surface area contributed by atoms with Crippen LogP contribution in [0.4, 0.5) is 18.9 Å². The Hall–Kier alpha value is -1.76. The molecule has 1 fully saturated rings. The third kappa shape index (κ3) is 5.13. The van der Waals surface area contributed by atoms with E-state index in [-0.39, 0.29) is 38.4 Å². The fourth-order valence-corrected chi connectivity index (χ4v) is 2.66. The van der Waals surface area contributed by atoms with E-state index >= 15 is 0 Å². The van der Waals surface area contributed by atoms with Crippen LogP contribution in [0.5, 0.6) is 5.75 Å². The zero-order valence-corrected chi connectivity index (χ0v) is 13.0. The maximum Gasteiger partial charge on any atom is 0.391 e. The average molecular weight is 330 g/mol. The van der Waals surface area contributed by atoms with E-state index < -0.39 is 12.1 Å². The summed E-state index contributed by atoms with van der Waals surface area (Å²) in [5.41, 5.74) is 0.574. The lowest BCUT2D eigenvalue weighted by Gasteiger charge is -2.32. The highest BCUT2D eigenvalue weighted by molar-refractivity contribution is 5.93. The monoisotopic (exact) mass is 330 g/mol. The standard InChI is InChI=1S/C16H21F3N2O2/c1-2-23-14-6-4-3-5-13(14)20-15(22)11-21-9-7-12(8-10-21)16(17,18)19/h3-6,12H,2,7-11H2,1H3,(H,20,22). The van der Waals surface area contributed by atoms with E-state index in [1.54, 1.807) is 23.1 Å². The molecular formula is C16H21F3N2O2. The van der Waals surface area contributed by atoms with E-state index in [0.717, 1.165) is 0 Å². The van der Waals surface area contributed by atoms with E-state index in [1.807, 2.05) is 13.0 Å². The van der Waals surface area contributed by atoms with Crippen LogP contribution in [0.25, 0.3) is 0 Å². The van der Waals surface area contributed by atoms with Crippen molar-refractivity contribution in [1.29, 1.82) is 0 Å². The summed E-state index contributed by atoms with van der Waals surface area (Å²) < 4.78 is 43.3. The summed E-state index contributed by atoms with van der Waals surface area (Å²) in [6.45, 7) is 2.99. The maximum absolute atomic E-state index is 12.6. The molecule has 0 atom stereocenters. The van der Waals surface area contributed by atoms with Gasteiger partial charge in [0.1, 0.15) is 5.75 Å². The van der Waals surface area contributed by atoms with Gasteiger partial charge in [-0.25, -0.2) is 0 Å². The summed E-state index contributed by atoms with van der Waals surface area (Å²) in [6, 6.07) is 7.09. The van der Waals surface area contributed by atoms with Gasteiger partial charge in [-0.1, -0.05) is 12.1 Å². The first-order chi connectivity index (χ1) is 10.9. The van der Waals surface area contributed by atoms with E-state index in [9.17, 15) is 18.0 Å². The summed E-state index contributed by atoms with van der Waals surface area (Å²) in [6.07, 6.45) is -4.04. The Morgan fingerprint density at radius 2 is 1.96 bits per heavy atom. The molecule has 1 amide bonds. The molecule has 1 aromatic carbocycles. The van der Waals surface area contributed by atoms with Crippen LogP contribution in [-0.4, -0.2) is 43.2 Å². The van der Waals surface area contributed by atoms with Gasteiger partial charge in [-0.05, 0) is 45.0 Å². The molecule has 0 radical (unpaired) electrons. The molecule has 1 aliphatic rings. The number of rotatable bonds is 5. The molecule has 1 heterocycles. The zero-order valence-electron chi connectivity index (χ0n) is 13.0. The first-order valence-corrected chi connectivity index (χ1v) is 7.71. The molecule has 0 bridgehead atoms. The lowest BCUT2D eigenvalue weighted by molar-refractivity contribution is -0.184. The molecule has 0 unspecified atom stereocenters. The van der Waals surface area contributed by atoms with Gasteiger partial charge < -0.3 is 10.1 Å². The summed E-state index contributed by atoms with van der Waals surface area (Å²) in [4.78, 5) is 13.8. The number of benzene rings is 1. The van der Waals surface area contributed by atoms with Gasteiger partial charge in [0.25, 0.3) is 0 Å². The molecule has 0 aliphatic carbocycles. The first-order valence-electron chi connectivity index (χ1n) is 7.71. The number of nitrogens with one attached hydrogen (secondary N) is 1. The predicted octanol–water partition coefficient (Wildman–Crippen LogP) is 3.30. The number of nitrogens with zero attached hydrogens (tertiary/aromatic N) is 1. The summed E-state index contributed by atoms with van der Waals surface area (Å²) >= 11 is 0. The second-order valence-corrected chi connectivity index (χ2v) is 5.57. The highest BCUT2D eigenvalue weighted by Crippen LogP contribution is 2.34. The van der Waals surface area contributed by atoms with Crippen LogP contribution in [0.3, 0.4) is 0 Å². The molecule has 0 aromatic heterocycles. The van der Waals surface area contributed by atoms with Crippen LogP contribution in [-0.2, 0) is 4.79 Å². The third-order valence-electron chi connectivity index (χ3n) is 3.88. The molecule has 1 aromatic rings. The first kappa shape index (κ1) is 17.6. The van der Waals surface area contributed by atoms with Gasteiger partial charge in [0, 0.05) is 0 Å². The highest BCUT2D eigenvalue weighted by atomic mass is 19.4.